The fourth-order valence-electron chi connectivity index (χ4n) is 3.03. The Bertz CT molecular complexity index is 686. The summed E-state index contributed by atoms with van der Waals surface area (Å²) in [6.07, 6.45) is 2.71. The van der Waals surface area contributed by atoms with Crippen molar-refractivity contribution < 1.29 is 19.5 Å². The first-order chi connectivity index (χ1) is 11.0. The fourth-order valence-corrected chi connectivity index (χ4v) is 3.03. The molecule has 23 heavy (non-hydrogen) atoms. The number of β-lactam (4-membered cyclic amide) rings is 1. The number of carbonyl (C=O) groups excluding carboxylic acids is 2. The van der Waals surface area contributed by atoms with Gasteiger partial charge in [-0.2, -0.15) is 0 Å². The van der Waals surface area contributed by atoms with E-state index < -0.39 is 29.9 Å². The van der Waals surface area contributed by atoms with E-state index in [0.717, 1.165) is 0 Å². The molecule has 2 heterocycles. The van der Waals surface area contributed by atoms with Crippen molar-refractivity contribution in [2.24, 2.45) is 5.73 Å². The molecule has 1 aromatic carbocycles. The largest absolute Gasteiger partial charge is 0.477 e. The Morgan fingerprint density at radius 2 is 2.00 bits per heavy atom. The molecule has 0 aliphatic carbocycles. The van der Waals surface area contributed by atoms with Gasteiger partial charge in [0.2, 0.25) is 5.91 Å². The molecule has 1 saturated heterocycles. The van der Waals surface area contributed by atoms with Crippen LogP contribution in [-0.4, -0.2) is 39.9 Å². The Morgan fingerprint density at radius 1 is 1.30 bits per heavy atom. The molecule has 7 nitrogen and oxygen atoms in total. The maximum atomic E-state index is 12.2. The Labute approximate surface area is 132 Å². The van der Waals surface area contributed by atoms with E-state index in [9.17, 15) is 14.4 Å². The number of nitrogens with two attached hydrogens (primary N) is 1. The highest BCUT2D eigenvalue weighted by Gasteiger charge is 2.52. The average molecular weight is 315 g/mol. The van der Waals surface area contributed by atoms with E-state index in [1.165, 1.54) is 11.0 Å². The number of carbonyl (C=O) groups is 3. The number of hydrogen-bond acceptors (Lipinski definition) is 4. The first-order valence-corrected chi connectivity index (χ1v) is 7.38. The summed E-state index contributed by atoms with van der Waals surface area (Å²) in [4.78, 5) is 36.8. The van der Waals surface area contributed by atoms with Crippen LogP contribution in [0.1, 0.15) is 24.4 Å². The molecular formula is C16H17N3O4. The number of hydrogen-bond donors (Lipinski definition) is 3. The monoisotopic (exact) mass is 315 g/mol. The Balaban J connectivity index is 1.68. The van der Waals surface area contributed by atoms with Crippen molar-refractivity contribution in [1.82, 2.24) is 10.2 Å². The molecule has 2 aliphatic heterocycles. The minimum Gasteiger partial charge on any atom is -0.477 e. The van der Waals surface area contributed by atoms with Gasteiger partial charge in [-0.25, -0.2) is 4.79 Å². The van der Waals surface area contributed by atoms with Gasteiger partial charge in [-0.1, -0.05) is 36.4 Å². The van der Waals surface area contributed by atoms with Crippen molar-refractivity contribution >= 4 is 17.8 Å². The average Bonchev–Trinajstić information content (AvgIpc) is 2.58. The van der Waals surface area contributed by atoms with Crippen LogP contribution in [0.3, 0.4) is 0 Å². The molecule has 120 valence electrons. The van der Waals surface area contributed by atoms with Gasteiger partial charge in [-0.05, 0) is 18.4 Å². The number of nitrogens with zero attached hydrogens (tertiary/aromatic N) is 1. The van der Waals surface area contributed by atoms with E-state index in [-0.39, 0.29) is 11.7 Å². The predicted molar refractivity (Wildman–Crippen MR) is 80.9 cm³/mol. The molecular weight excluding hydrogens is 298 g/mol. The first-order valence-electron chi connectivity index (χ1n) is 7.38. The second kappa shape index (κ2) is 5.85. The zero-order valence-electron chi connectivity index (χ0n) is 12.3. The number of benzene rings is 1. The third-order valence-electron chi connectivity index (χ3n) is 4.24. The van der Waals surface area contributed by atoms with E-state index >= 15 is 0 Å². The molecule has 0 bridgehead atoms. The Morgan fingerprint density at radius 3 is 2.65 bits per heavy atom. The minimum absolute atomic E-state index is 0.0101. The van der Waals surface area contributed by atoms with E-state index in [1.807, 2.05) is 6.07 Å². The summed E-state index contributed by atoms with van der Waals surface area (Å²) in [5.41, 5.74) is 6.56. The molecule has 0 aromatic heterocycles. The van der Waals surface area contributed by atoms with Gasteiger partial charge in [-0.3, -0.25) is 14.5 Å². The lowest BCUT2D eigenvalue weighted by Crippen LogP contribution is -2.71. The molecule has 7 heteroatoms. The predicted octanol–water partition coefficient (Wildman–Crippen LogP) is 0.144. The quantitative estimate of drug-likeness (QED) is 0.684. The summed E-state index contributed by atoms with van der Waals surface area (Å²) < 4.78 is 0. The molecule has 3 atom stereocenters. The molecule has 0 saturated carbocycles. The topological polar surface area (TPSA) is 113 Å². The molecule has 2 amide bonds. The molecule has 0 radical (unpaired) electrons. The van der Waals surface area contributed by atoms with Gasteiger partial charge in [0, 0.05) is 0 Å². The van der Waals surface area contributed by atoms with Crippen LogP contribution in [0.25, 0.3) is 0 Å². The SMILES string of the molecule is N[C@@H](C(=O)N[C@H]1C(=O)N2C(C(=O)O)=CCC[C@H]12)c1ccccc1. The van der Waals surface area contributed by atoms with Crippen molar-refractivity contribution in [3.63, 3.8) is 0 Å². The van der Waals surface area contributed by atoms with Gasteiger partial charge in [0.15, 0.2) is 0 Å². The van der Waals surface area contributed by atoms with Gasteiger partial charge in [0.1, 0.15) is 17.8 Å². The molecule has 1 aromatic rings. The Hall–Kier alpha value is -2.67. The third-order valence-corrected chi connectivity index (χ3v) is 4.24. The van der Waals surface area contributed by atoms with Crippen LogP contribution in [0.2, 0.25) is 0 Å². The number of carboxylic acids is 1. The smallest absolute Gasteiger partial charge is 0.352 e. The first kappa shape index (κ1) is 15.2. The van der Waals surface area contributed by atoms with Crippen LogP contribution < -0.4 is 11.1 Å². The van der Waals surface area contributed by atoms with Crippen LogP contribution >= 0.6 is 0 Å². The van der Waals surface area contributed by atoms with E-state index in [1.54, 1.807) is 24.3 Å². The van der Waals surface area contributed by atoms with Crippen LogP contribution in [0.4, 0.5) is 0 Å². The van der Waals surface area contributed by atoms with E-state index in [4.69, 9.17) is 10.8 Å². The maximum absolute atomic E-state index is 12.2. The second-order valence-corrected chi connectivity index (χ2v) is 5.62. The van der Waals surface area contributed by atoms with Gasteiger partial charge in [-0.15, -0.1) is 0 Å². The minimum atomic E-state index is -1.13. The summed E-state index contributed by atoms with van der Waals surface area (Å²) in [5.74, 6) is -1.98. The van der Waals surface area contributed by atoms with Crippen LogP contribution in [0.15, 0.2) is 42.1 Å². The molecule has 1 fully saturated rings. The molecule has 0 spiro atoms. The van der Waals surface area contributed by atoms with Gasteiger partial charge in [0.05, 0.1) is 6.04 Å². The fraction of sp³-hybridized carbons (Fsp3) is 0.312. The van der Waals surface area contributed by atoms with Crippen molar-refractivity contribution in [3.8, 4) is 0 Å². The number of allylic oxidation sites excluding steroid dienone is 1. The highest BCUT2D eigenvalue weighted by Crippen LogP contribution is 2.33. The number of aliphatic carboxylic acids is 1. The highest BCUT2D eigenvalue weighted by molar-refractivity contribution is 6.01. The van der Waals surface area contributed by atoms with Gasteiger partial charge >= 0.3 is 5.97 Å². The number of rotatable bonds is 4. The summed E-state index contributed by atoms with van der Waals surface area (Å²) in [6.45, 7) is 0. The number of carboxylic acid groups (broad SMARTS) is 1. The van der Waals surface area contributed by atoms with E-state index in [2.05, 4.69) is 5.32 Å². The summed E-state index contributed by atoms with van der Waals surface area (Å²) in [7, 11) is 0. The van der Waals surface area contributed by atoms with Crippen molar-refractivity contribution in [1.29, 1.82) is 0 Å². The number of amides is 2. The third kappa shape index (κ3) is 2.59. The standard InChI is InChI=1S/C16H17N3O4/c17-12(9-5-2-1-3-6-9)14(20)18-13-10-7-4-8-11(16(22)23)19(10)15(13)21/h1-3,5-6,8,10,12-13H,4,7,17H2,(H,18,20)(H,22,23)/t10-,12-,13-/m1/s1. The molecule has 4 N–H and O–H groups in total. The van der Waals surface area contributed by atoms with Crippen molar-refractivity contribution in [2.45, 2.75) is 31.0 Å². The zero-order valence-corrected chi connectivity index (χ0v) is 12.3. The van der Waals surface area contributed by atoms with Crippen LogP contribution in [-0.2, 0) is 14.4 Å². The van der Waals surface area contributed by atoms with E-state index in [0.29, 0.717) is 18.4 Å². The highest BCUT2D eigenvalue weighted by atomic mass is 16.4. The molecule has 3 rings (SSSR count). The maximum Gasteiger partial charge on any atom is 0.352 e. The van der Waals surface area contributed by atoms with Gasteiger partial charge in [0.25, 0.3) is 5.91 Å². The Kier molecular flexibility index (Phi) is 3.87. The van der Waals surface area contributed by atoms with Gasteiger partial charge < -0.3 is 16.2 Å². The normalized spacial score (nSPS) is 24.1. The van der Waals surface area contributed by atoms with Crippen molar-refractivity contribution in [3.05, 3.63) is 47.7 Å². The zero-order chi connectivity index (χ0) is 16.6. The number of nitrogens with one attached hydrogen (secondary N) is 1. The van der Waals surface area contributed by atoms with Crippen LogP contribution in [0, 0.1) is 0 Å². The summed E-state index contributed by atoms with van der Waals surface area (Å²) in [6, 6.07) is 6.98. The summed E-state index contributed by atoms with van der Waals surface area (Å²) in [5, 5.41) is 11.8. The molecule has 0 unspecified atom stereocenters. The lowest BCUT2D eigenvalue weighted by atomic mass is 9.86. The lowest BCUT2D eigenvalue weighted by Gasteiger charge is -2.49. The van der Waals surface area contributed by atoms with Crippen LogP contribution in [0.5, 0.6) is 0 Å². The molecule has 2 aliphatic rings. The van der Waals surface area contributed by atoms with Crippen molar-refractivity contribution in [2.75, 3.05) is 0 Å². The second-order valence-electron chi connectivity index (χ2n) is 5.62. The summed E-state index contributed by atoms with van der Waals surface area (Å²) >= 11 is 0. The number of fused-ring (bicyclic) bond motifs is 1. The lowest BCUT2D eigenvalue weighted by molar-refractivity contribution is -0.155.